The lowest BCUT2D eigenvalue weighted by molar-refractivity contribution is -0.126. The van der Waals surface area contributed by atoms with Gasteiger partial charge in [0.05, 0.1) is 36.2 Å². The summed E-state index contributed by atoms with van der Waals surface area (Å²) in [5, 5.41) is 2.93. The predicted octanol–water partition coefficient (Wildman–Crippen LogP) is 2.14. The molecule has 3 aromatic rings. The molecule has 1 atom stereocenters. The summed E-state index contributed by atoms with van der Waals surface area (Å²) in [4.78, 5) is 41.7. The standard InChI is InChI=1S/C25H32N6O5.CH4/c1-25(2,27)23(33)29-20(16-35-14-17-8-5-4-6-9-17)22-28-12-18-10-7-11-19(31(18)22)15-36-24(34)30(3)13-21(26)32;/h4-12,20H,13-16,27H2,1-3H3,(H2,26,32)(H,29,33);1H4/t20-;/m1./s1. The number of primary amides is 1. The Hall–Kier alpha value is -3.96. The molecule has 0 bridgehead atoms. The first kappa shape index (κ1) is 29.3. The second kappa shape index (κ2) is 12.8. The Balaban J connectivity index is 0.00000481. The van der Waals surface area contributed by atoms with Gasteiger partial charge in [-0.05, 0) is 31.5 Å². The normalized spacial score (nSPS) is 11.9. The van der Waals surface area contributed by atoms with Crippen molar-refractivity contribution in [3.05, 3.63) is 71.8 Å². The van der Waals surface area contributed by atoms with Crippen molar-refractivity contribution in [2.75, 3.05) is 20.2 Å². The third-order valence-electron chi connectivity index (χ3n) is 5.31. The highest BCUT2D eigenvalue weighted by Gasteiger charge is 2.28. The van der Waals surface area contributed by atoms with E-state index in [9.17, 15) is 14.4 Å². The Bertz CT molecular complexity index is 1210. The van der Waals surface area contributed by atoms with Crippen molar-refractivity contribution in [1.82, 2.24) is 19.6 Å². The minimum atomic E-state index is -1.12. The number of imidazole rings is 1. The van der Waals surface area contributed by atoms with E-state index in [0.29, 0.717) is 18.1 Å². The lowest BCUT2D eigenvalue weighted by Gasteiger charge is -2.24. The summed E-state index contributed by atoms with van der Waals surface area (Å²) in [5.74, 6) is -0.525. The monoisotopic (exact) mass is 512 g/mol. The highest BCUT2D eigenvalue weighted by atomic mass is 16.6. The molecule has 2 aromatic heterocycles. The van der Waals surface area contributed by atoms with Crippen LogP contribution in [0.25, 0.3) is 5.52 Å². The molecule has 5 N–H and O–H groups in total. The van der Waals surface area contributed by atoms with Crippen LogP contribution in [-0.2, 0) is 32.3 Å². The number of hydrogen-bond donors (Lipinski definition) is 3. The van der Waals surface area contributed by atoms with E-state index < -0.39 is 23.6 Å². The van der Waals surface area contributed by atoms with Crippen molar-refractivity contribution in [3.63, 3.8) is 0 Å². The van der Waals surface area contributed by atoms with Crippen molar-refractivity contribution in [2.24, 2.45) is 11.5 Å². The summed E-state index contributed by atoms with van der Waals surface area (Å²) in [6.45, 7) is 3.34. The number of pyridine rings is 1. The maximum atomic E-state index is 12.8. The van der Waals surface area contributed by atoms with Gasteiger partial charge in [0, 0.05) is 7.05 Å². The van der Waals surface area contributed by atoms with E-state index in [-0.39, 0.29) is 33.1 Å². The minimum Gasteiger partial charge on any atom is -0.443 e. The third kappa shape index (κ3) is 8.02. The molecular formula is C26H36N6O5. The van der Waals surface area contributed by atoms with Crippen LogP contribution in [0.15, 0.2) is 54.7 Å². The summed E-state index contributed by atoms with van der Waals surface area (Å²) in [6.07, 6.45) is 0.956. The summed E-state index contributed by atoms with van der Waals surface area (Å²) in [5.41, 5.74) is 12.4. The number of likely N-dealkylation sites (N-methyl/N-ethyl adjacent to an activating group) is 1. The fourth-order valence-electron chi connectivity index (χ4n) is 3.44. The van der Waals surface area contributed by atoms with E-state index in [2.05, 4.69) is 10.3 Å². The molecule has 0 saturated heterocycles. The fraction of sp³-hybridized carbons (Fsp3) is 0.385. The first-order chi connectivity index (χ1) is 17.1. The molecule has 3 rings (SSSR count). The highest BCUT2D eigenvalue weighted by molar-refractivity contribution is 5.85. The van der Waals surface area contributed by atoms with Crippen LogP contribution >= 0.6 is 0 Å². The second-order valence-corrected chi connectivity index (χ2v) is 9.02. The van der Waals surface area contributed by atoms with Gasteiger partial charge in [-0.15, -0.1) is 0 Å². The van der Waals surface area contributed by atoms with E-state index in [0.717, 1.165) is 16.0 Å². The number of aromatic nitrogens is 2. The molecule has 37 heavy (non-hydrogen) atoms. The van der Waals surface area contributed by atoms with Crippen LogP contribution in [0, 0.1) is 0 Å². The van der Waals surface area contributed by atoms with E-state index in [4.69, 9.17) is 20.9 Å². The molecule has 200 valence electrons. The maximum Gasteiger partial charge on any atom is 0.410 e. The number of nitrogens with two attached hydrogens (primary N) is 2. The molecule has 0 spiro atoms. The zero-order valence-corrected chi connectivity index (χ0v) is 20.6. The highest BCUT2D eigenvalue weighted by Crippen LogP contribution is 2.20. The molecule has 0 fully saturated rings. The number of carbonyl (C=O) groups is 3. The molecule has 11 nitrogen and oxygen atoms in total. The van der Waals surface area contributed by atoms with E-state index in [1.807, 2.05) is 36.4 Å². The number of fused-ring (bicyclic) bond motifs is 1. The Labute approximate surface area is 216 Å². The first-order valence-corrected chi connectivity index (χ1v) is 11.4. The molecule has 0 unspecified atom stereocenters. The van der Waals surface area contributed by atoms with Crippen LogP contribution in [0.4, 0.5) is 4.79 Å². The zero-order valence-electron chi connectivity index (χ0n) is 20.6. The van der Waals surface area contributed by atoms with Gasteiger partial charge in [0.1, 0.15) is 25.0 Å². The summed E-state index contributed by atoms with van der Waals surface area (Å²) in [7, 11) is 1.42. The Morgan fingerprint density at radius 2 is 1.81 bits per heavy atom. The number of benzene rings is 1. The molecule has 3 amide bonds. The average Bonchev–Trinajstić information content (AvgIpc) is 3.26. The van der Waals surface area contributed by atoms with Gasteiger partial charge >= 0.3 is 6.09 Å². The summed E-state index contributed by atoms with van der Waals surface area (Å²) < 4.78 is 13.1. The van der Waals surface area contributed by atoms with Crippen molar-refractivity contribution in [2.45, 2.75) is 46.1 Å². The molecule has 2 heterocycles. The van der Waals surface area contributed by atoms with E-state index in [1.54, 1.807) is 36.6 Å². The SMILES string of the molecule is C.CN(CC(N)=O)C(=O)OCc1cccc2cnc([C@@H](COCc3ccccc3)NC(=O)C(C)(C)N)n12. The van der Waals surface area contributed by atoms with Crippen molar-refractivity contribution in [1.29, 1.82) is 0 Å². The first-order valence-electron chi connectivity index (χ1n) is 11.4. The lowest BCUT2D eigenvalue weighted by atomic mass is 10.1. The van der Waals surface area contributed by atoms with Crippen LogP contribution in [0.2, 0.25) is 0 Å². The Kier molecular flexibility index (Phi) is 10.2. The second-order valence-electron chi connectivity index (χ2n) is 9.02. The number of nitrogens with zero attached hydrogens (tertiary/aromatic N) is 3. The largest absolute Gasteiger partial charge is 0.443 e. The van der Waals surface area contributed by atoms with Crippen LogP contribution in [0.5, 0.6) is 0 Å². The van der Waals surface area contributed by atoms with E-state index in [1.165, 1.54) is 7.05 Å². The van der Waals surface area contributed by atoms with Crippen LogP contribution < -0.4 is 16.8 Å². The van der Waals surface area contributed by atoms with Crippen molar-refractivity contribution in [3.8, 4) is 0 Å². The fourth-order valence-corrected chi connectivity index (χ4v) is 3.44. The lowest BCUT2D eigenvalue weighted by Crippen LogP contribution is -2.51. The minimum absolute atomic E-state index is 0. The Morgan fingerprint density at radius 3 is 2.46 bits per heavy atom. The number of nitrogens with one attached hydrogen (secondary N) is 1. The number of hydrogen-bond acceptors (Lipinski definition) is 7. The number of rotatable bonds is 11. The summed E-state index contributed by atoms with van der Waals surface area (Å²) in [6, 6.07) is 14.4. The summed E-state index contributed by atoms with van der Waals surface area (Å²) >= 11 is 0. The van der Waals surface area contributed by atoms with Gasteiger partial charge in [-0.3, -0.25) is 14.0 Å². The van der Waals surface area contributed by atoms with Gasteiger partial charge in [-0.25, -0.2) is 9.78 Å². The molecule has 0 saturated carbocycles. The zero-order chi connectivity index (χ0) is 26.3. The number of amides is 3. The molecule has 0 aliphatic carbocycles. The van der Waals surface area contributed by atoms with Crippen molar-refractivity contribution < 1.29 is 23.9 Å². The number of carbonyl (C=O) groups excluding carboxylic acids is 3. The predicted molar refractivity (Wildman–Crippen MR) is 139 cm³/mol. The van der Waals surface area contributed by atoms with Gasteiger partial charge in [0.25, 0.3) is 0 Å². The van der Waals surface area contributed by atoms with Gasteiger partial charge < -0.3 is 31.2 Å². The van der Waals surface area contributed by atoms with Crippen LogP contribution in [0.1, 0.15) is 44.4 Å². The molecule has 11 heteroatoms. The molecule has 0 aliphatic heterocycles. The average molecular weight is 513 g/mol. The topological polar surface area (TPSA) is 154 Å². The Morgan fingerprint density at radius 1 is 1.11 bits per heavy atom. The smallest absolute Gasteiger partial charge is 0.410 e. The van der Waals surface area contributed by atoms with Crippen LogP contribution in [-0.4, -0.2) is 57.9 Å². The maximum absolute atomic E-state index is 12.8. The van der Waals surface area contributed by atoms with Crippen LogP contribution in [0.3, 0.4) is 0 Å². The quantitative estimate of drug-likeness (QED) is 0.355. The van der Waals surface area contributed by atoms with Crippen molar-refractivity contribution >= 4 is 23.4 Å². The van der Waals surface area contributed by atoms with Gasteiger partial charge in [-0.2, -0.15) is 0 Å². The third-order valence-corrected chi connectivity index (χ3v) is 5.31. The van der Waals surface area contributed by atoms with Gasteiger partial charge in [-0.1, -0.05) is 43.8 Å². The molecular weight excluding hydrogens is 476 g/mol. The number of ether oxygens (including phenoxy) is 2. The van der Waals surface area contributed by atoms with Gasteiger partial charge in [0.15, 0.2) is 0 Å². The molecule has 1 aromatic carbocycles. The van der Waals surface area contributed by atoms with E-state index >= 15 is 0 Å². The molecule has 0 radical (unpaired) electrons. The molecule has 0 aliphatic rings. The van der Waals surface area contributed by atoms with Gasteiger partial charge in [0.2, 0.25) is 11.8 Å².